The summed E-state index contributed by atoms with van der Waals surface area (Å²) < 4.78 is 13.4. The zero-order valence-corrected chi connectivity index (χ0v) is 27.0. The first kappa shape index (κ1) is 28.1. The number of aromatic nitrogens is 5. The van der Waals surface area contributed by atoms with Gasteiger partial charge in [0, 0.05) is 34.8 Å². The molecule has 6 nitrogen and oxygen atoms in total. The summed E-state index contributed by atoms with van der Waals surface area (Å²) in [6.45, 7) is 6.72. The number of ether oxygens (including phenoxy) is 1. The van der Waals surface area contributed by atoms with Crippen LogP contribution >= 0.6 is 0 Å². The van der Waals surface area contributed by atoms with Crippen LogP contribution in [0.1, 0.15) is 26.3 Å². The fourth-order valence-electron chi connectivity index (χ4n) is 6.87. The molecule has 0 saturated heterocycles. The van der Waals surface area contributed by atoms with Gasteiger partial charge in [-0.05, 0) is 77.7 Å². The van der Waals surface area contributed by atoms with E-state index in [1.807, 2.05) is 42.9 Å². The van der Waals surface area contributed by atoms with Crippen molar-refractivity contribution in [3.05, 3.63) is 152 Å². The molecule has 9 aromatic rings. The van der Waals surface area contributed by atoms with Gasteiger partial charge in [0.25, 0.3) is 0 Å². The van der Waals surface area contributed by atoms with Crippen LogP contribution in [0.3, 0.4) is 0 Å². The van der Waals surface area contributed by atoms with Crippen molar-refractivity contribution in [3.63, 3.8) is 0 Å². The maximum absolute atomic E-state index is 6.61. The minimum absolute atomic E-state index is 0.0301. The maximum Gasteiger partial charge on any atom is 0.137 e. The van der Waals surface area contributed by atoms with Crippen LogP contribution in [0.15, 0.2) is 146 Å². The van der Waals surface area contributed by atoms with Crippen LogP contribution in [-0.2, 0) is 5.41 Å². The molecule has 0 saturated carbocycles. The third kappa shape index (κ3) is 4.48. The van der Waals surface area contributed by atoms with Crippen LogP contribution in [0.4, 0.5) is 0 Å². The molecule has 0 N–H and O–H groups in total. The first-order chi connectivity index (χ1) is 23.4. The lowest BCUT2D eigenvalue weighted by Gasteiger charge is -2.20. The molecule has 4 aromatic heterocycles. The number of hydrogen-bond acceptors (Lipinski definition) is 3. The van der Waals surface area contributed by atoms with Gasteiger partial charge in [-0.2, -0.15) is 0 Å². The smallest absolute Gasteiger partial charge is 0.137 e. The molecule has 0 aliphatic heterocycles. The van der Waals surface area contributed by atoms with Gasteiger partial charge in [0.15, 0.2) is 0 Å². The average molecular weight is 624 g/mol. The van der Waals surface area contributed by atoms with E-state index in [0.717, 1.165) is 67.2 Å². The highest BCUT2D eigenvalue weighted by Crippen LogP contribution is 2.42. The number of rotatable bonds is 5. The molecule has 0 amide bonds. The second-order valence-corrected chi connectivity index (χ2v) is 13.3. The Morgan fingerprint density at radius 2 is 1.25 bits per heavy atom. The predicted octanol–water partition coefficient (Wildman–Crippen LogP) is 10.6. The average Bonchev–Trinajstić information content (AvgIpc) is 3.78. The van der Waals surface area contributed by atoms with Crippen molar-refractivity contribution in [1.82, 2.24) is 23.7 Å². The molecule has 9 rings (SSSR count). The van der Waals surface area contributed by atoms with Crippen LogP contribution in [-0.4, -0.2) is 23.7 Å². The topological polar surface area (TPSA) is 49.8 Å². The number of nitrogens with zero attached hydrogens (tertiary/aromatic N) is 5. The third-order valence-electron chi connectivity index (χ3n) is 9.18. The van der Waals surface area contributed by atoms with Crippen molar-refractivity contribution in [2.75, 3.05) is 0 Å². The number of hydrogen-bond donors (Lipinski definition) is 0. The van der Waals surface area contributed by atoms with E-state index in [1.165, 1.54) is 10.9 Å². The summed E-state index contributed by atoms with van der Waals surface area (Å²) in [5.41, 5.74) is 9.75. The molecule has 0 spiro atoms. The van der Waals surface area contributed by atoms with Gasteiger partial charge in [-0.15, -0.1) is 0 Å². The van der Waals surface area contributed by atoms with E-state index in [1.54, 1.807) is 0 Å². The largest absolute Gasteiger partial charge is 0.457 e. The van der Waals surface area contributed by atoms with E-state index in [4.69, 9.17) is 9.72 Å². The van der Waals surface area contributed by atoms with Crippen LogP contribution in [0.2, 0.25) is 0 Å². The Balaban J connectivity index is 1.26. The Kier molecular flexibility index (Phi) is 6.27. The molecule has 0 bridgehead atoms. The fourth-order valence-corrected chi connectivity index (χ4v) is 6.87. The quantitative estimate of drug-likeness (QED) is 0.192. The normalized spacial score (nSPS) is 12.1. The molecule has 4 heterocycles. The number of benzene rings is 5. The van der Waals surface area contributed by atoms with Crippen molar-refractivity contribution >= 4 is 43.9 Å². The molecule has 6 heteroatoms. The minimum atomic E-state index is -0.0301. The van der Waals surface area contributed by atoms with E-state index in [9.17, 15) is 0 Å². The molecule has 232 valence electrons. The van der Waals surface area contributed by atoms with Crippen LogP contribution in [0.25, 0.3) is 61.1 Å². The standard InChI is InChI=1S/C42H33N5O/c1-42(2,3)28-22-23-43-39(24-28)47-38-26-32(48-31-15-11-14-30(25-31)45-27-44-35-17-8-10-19-37(35)45)20-21-34(38)40-41(47)33-16-7-9-18-36(33)46(40)29-12-5-4-6-13-29/h4-27H,1-3H3. The summed E-state index contributed by atoms with van der Waals surface area (Å²) in [4.78, 5) is 9.55. The lowest BCUT2D eigenvalue weighted by molar-refractivity contribution is 0.483. The SMILES string of the molecule is CC(C)(C)c1ccnc(-n2c3cc(Oc4cccc(-n5cnc6ccccc65)c4)ccc3c3c2c2ccccc2n3-c2ccccc2)c1. The lowest BCUT2D eigenvalue weighted by atomic mass is 9.88. The van der Waals surface area contributed by atoms with Crippen molar-refractivity contribution < 1.29 is 4.74 Å². The first-order valence-electron chi connectivity index (χ1n) is 16.2. The van der Waals surface area contributed by atoms with Crippen molar-refractivity contribution in [3.8, 4) is 28.7 Å². The van der Waals surface area contributed by atoms with E-state index >= 15 is 0 Å². The number of para-hydroxylation sites is 4. The number of imidazole rings is 1. The Morgan fingerprint density at radius 3 is 2.10 bits per heavy atom. The van der Waals surface area contributed by atoms with Crippen LogP contribution in [0.5, 0.6) is 11.5 Å². The fraction of sp³-hybridized carbons (Fsp3) is 0.0952. The van der Waals surface area contributed by atoms with Gasteiger partial charge in [-0.3, -0.25) is 9.13 Å². The summed E-state index contributed by atoms with van der Waals surface area (Å²) in [5.74, 6) is 2.38. The highest BCUT2D eigenvalue weighted by Gasteiger charge is 2.24. The maximum atomic E-state index is 6.61. The highest BCUT2D eigenvalue weighted by atomic mass is 16.5. The van der Waals surface area contributed by atoms with Crippen molar-refractivity contribution in [1.29, 1.82) is 0 Å². The monoisotopic (exact) mass is 623 g/mol. The molecule has 0 fully saturated rings. The molecule has 0 unspecified atom stereocenters. The van der Waals surface area contributed by atoms with Crippen LogP contribution in [0, 0.1) is 0 Å². The van der Waals surface area contributed by atoms with Crippen molar-refractivity contribution in [2.45, 2.75) is 26.2 Å². The molecule has 48 heavy (non-hydrogen) atoms. The summed E-state index contributed by atoms with van der Waals surface area (Å²) in [6.07, 6.45) is 3.79. The number of pyridine rings is 1. The highest BCUT2D eigenvalue weighted by molar-refractivity contribution is 6.20. The minimum Gasteiger partial charge on any atom is -0.457 e. The van der Waals surface area contributed by atoms with E-state index < -0.39 is 0 Å². The van der Waals surface area contributed by atoms with Gasteiger partial charge in [-0.1, -0.05) is 75.4 Å². The predicted molar refractivity (Wildman–Crippen MR) is 195 cm³/mol. The molecule has 0 radical (unpaired) electrons. The van der Waals surface area contributed by atoms with Gasteiger partial charge < -0.3 is 9.30 Å². The Bertz CT molecular complexity index is 2640. The molecule has 0 aliphatic rings. The zero-order chi connectivity index (χ0) is 32.4. The summed E-state index contributed by atoms with van der Waals surface area (Å²) >= 11 is 0. The van der Waals surface area contributed by atoms with E-state index in [2.05, 4.69) is 143 Å². The third-order valence-corrected chi connectivity index (χ3v) is 9.18. The second-order valence-electron chi connectivity index (χ2n) is 13.3. The van der Waals surface area contributed by atoms with E-state index in [-0.39, 0.29) is 5.41 Å². The van der Waals surface area contributed by atoms with Gasteiger partial charge >= 0.3 is 0 Å². The summed E-state index contributed by atoms with van der Waals surface area (Å²) in [7, 11) is 0. The number of fused-ring (bicyclic) bond motifs is 6. The van der Waals surface area contributed by atoms with Gasteiger partial charge in [-0.25, -0.2) is 9.97 Å². The van der Waals surface area contributed by atoms with Crippen molar-refractivity contribution in [2.24, 2.45) is 0 Å². The van der Waals surface area contributed by atoms with Crippen LogP contribution < -0.4 is 4.74 Å². The van der Waals surface area contributed by atoms with E-state index in [0.29, 0.717) is 0 Å². The van der Waals surface area contributed by atoms with Gasteiger partial charge in [0.2, 0.25) is 0 Å². The molecule has 0 aliphatic carbocycles. The molecule has 0 atom stereocenters. The Labute approximate surface area is 278 Å². The second kappa shape index (κ2) is 10.7. The molecule has 5 aromatic carbocycles. The zero-order valence-electron chi connectivity index (χ0n) is 27.0. The Morgan fingerprint density at radius 1 is 0.542 bits per heavy atom. The molecular formula is C42H33N5O. The summed E-state index contributed by atoms with van der Waals surface area (Å²) in [6, 6.07) is 46.2. The van der Waals surface area contributed by atoms with Gasteiger partial charge in [0.1, 0.15) is 23.6 Å². The lowest BCUT2D eigenvalue weighted by Crippen LogP contribution is -2.12. The summed E-state index contributed by atoms with van der Waals surface area (Å²) in [5, 5.41) is 2.29. The van der Waals surface area contributed by atoms with Gasteiger partial charge in [0.05, 0.1) is 38.8 Å². The Hall–Kier alpha value is -6.14. The molecular weight excluding hydrogens is 590 g/mol. The first-order valence-corrected chi connectivity index (χ1v) is 16.2.